The number of nitrogens with zero attached hydrogens (tertiary/aromatic N) is 1. The summed E-state index contributed by atoms with van der Waals surface area (Å²) in [5.41, 5.74) is 5.76. The van der Waals surface area contributed by atoms with Crippen molar-refractivity contribution in [3.05, 3.63) is 16.3 Å². The second-order valence-corrected chi connectivity index (χ2v) is 4.56. The summed E-state index contributed by atoms with van der Waals surface area (Å²) >= 11 is 1.41. The number of hydrogen-bond acceptors (Lipinski definition) is 4. The second kappa shape index (κ2) is 4.20. The van der Waals surface area contributed by atoms with Gasteiger partial charge in [-0.15, -0.1) is 11.3 Å². The van der Waals surface area contributed by atoms with Crippen LogP contribution in [0.5, 0.6) is 5.75 Å². The molecule has 2 heterocycles. The summed E-state index contributed by atoms with van der Waals surface area (Å²) in [5, 5.41) is 1.84. The Bertz CT molecular complexity index is 364. The van der Waals surface area contributed by atoms with E-state index in [0.717, 1.165) is 23.6 Å². The number of methoxy groups -OCH3 is 1. The molecule has 0 bridgehead atoms. The highest BCUT2D eigenvalue weighted by Gasteiger charge is 2.25. The van der Waals surface area contributed by atoms with Crippen LogP contribution in [0.1, 0.15) is 16.1 Å². The predicted molar refractivity (Wildman–Crippen MR) is 59.4 cm³/mol. The van der Waals surface area contributed by atoms with Crippen LogP contribution in [0.2, 0.25) is 0 Å². The highest BCUT2D eigenvalue weighted by Crippen LogP contribution is 2.23. The van der Waals surface area contributed by atoms with Crippen molar-refractivity contribution < 1.29 is 9.53 Å². The maximum atomic E-state index is 11.9. The maximum absolute atomic E-state index is 11.9. The van der Waals surface area contributed by atoms with E-state index in [4.69, 9.17) is 10.5 Å². The molecule has 0 aromatic carbocycles. The van der Waals surface area contributed by atoms with Crippen LogP contribution in [0.3, 0.4) is 0 Å². The van der Waals surface area contributed by atoms with Crippen molar-refractivity contribution in [3.63, 3.8) is 0 Å². The van der Waals surface area contributed by atoms with Crippen molar-refractivity contribution in [2.45, 2.75) is 12.5 Å². The van der Waals surface area contributed by atoms with Crippen molar-refractivity contribution in [1.29, 1.82) is 0 Å². The molecular formula is C10H14N2O2S. The standard InChI is InChI=1S/C10H14N2O2S/c1-14-8-4-9(15-6-8)10(13)12-3-2-7(11)5-12/h4,6-7H,2-3,5,11H2,1H3. The van der Waals surface area contributed by atoms with Gasteiger partial charge in [-0.05, 0) is 6.42 Å². The lowest BCUT2D eigenvalue weighted by molar-refractivity contribution is 0.0795. The molecule has 1 aromatic rings. The normalized spacial score (nSPS) is 20.7. The van der Waals surface area contributed by atoms with Gasteiger partial charge in [0.05, 0.1) is 12.0 Å². The molecule has 1 unspecified atom stereocenters. The summed E-state index contributed by atoms with van der Waals surface area (Å²) in [6.45, 7) is 1.43. The van der Waals surface area contributed by atoms with Crippen molar-refractivity contribution in [1.82, 2.24) is 4.90 Å². The third kappa shape index (κ3) is 2.13. The molecule has 2 rings (SSSR count). The SMILES string of the molecule is COc1csc(C(=O)N2CCC(N)C2)c1. The minimum atomic E-state index is 0.0660. The molecule has 0 saturated carbocycles. The van der Waals surface area contributed by atoms with Gasteiger partial charge in [0.1, 0.15) is 5.75 Å². The number of hydrogen-bond donors (Lipinski definition) is 1. The number of thiophene rings is 1. The highest BCUT2D eigenvalue weighted by molar-refractivity contribution is 7.12. The monoisotopic (exact) mass is 226 g/mol. The summed E-state index contributed by atoms with van der Waals surface area (Å²) in [6.07, 6.45) is 0.897. The van der Waals surface area contributed by atoms with Crippen LogP contribution in [0, 0.1) is 0 Å². The molecule has 1 amide bonds. The molecule has 1 aliphatic heterocycles. The Kier molecular flexibility index (Phi) is 2.93. The zero-order valence-corrected chi connectivity index (χ0v) is 9.42. The molecule has 1 saturated heterocycles. The third-order valence-electron chi connectivity index (χ3n) is 2.53. The molecule has 2 N–H and O–H groups in total. The van der Waals surface area contributed by atoms with Gasteiger partial charge in [-0.1, -0.05) is 0 Å². The first-order valence-corrected chi connectivity index (χ1v) is 5.76. The van der Waals surface area contributed by atoms with Gasteiger partial charge < -0.3 is 15.4 Å². The molecule has 0 aliphatic carbocycles. The number of amides is 1. The average molecular weight is 226 g/mol. The molecule has 4 nitrogen and oxygen atoms in total. The molecule has 0 radical (unpaired) electrons. The van der Waals surface area contributed by atoms with Crippen LogP contribution in [0.25, 0.3) is 0 Å². The minimum absolute atomic E-state index is 0.0660. The summed E-state index contributed by atoms with van der Waals surface area (Å²) in [6, 6.07) is 1.91. The Balaban J connectivity index is 2.07. The van der Waals surface area contributed by atoms with Crippen molar-refractivity contribution in [2.24, 2.45) is 5.73 Å². The van der Waals surface area contributed by atoms with Crippen LogP contribution in [-0.4, -0.2) is 37.0 Å². The van der Waals surface area contributed by atoms with Gasteiger partial charge >= 0.3 is 0 Å². The lowest BCUT2D eigenvalue weighted by atomic mass is 10.3. The van der Waals surface area contributed by atoms with Gasteiger partial charge in [-0.25, -0.2) is 0 Å². The second-order valence-electron chi connectivity index (χ2n) is 3.65. The first kappa shape index (κ1) is 10.4. The molecule has 15 heavy (non-hydrogen) atoms. The predicted octanol–water partition coefficient (Wildman–Crippen LogP) is 0.930. The first-order chi connectivity index (χ1) is 7.20. The Morgan fingerprint density at radius 1 is 1.73 bits per heavy atom. The van der Waals surface area contributed by atoms with E-state index in [1.54, 1.807) is 18.1 Å². The van der Waals surface area contributed by atoms with E-state index in [1.165, 1.54) is 11.3 Å². The van der Waals surface area contributed by atoms with Gasteiger partial charge in [-0.2, -0.15) is 0 Å². The zero-order valence-electron chi connectivity index (χ0n) is 8.60. The van der Waals surface area contributed by atoms with Crippen LogP contribution in [-0.2, 0) is 0 Å². The lowest BCUT2D eigenvalue weighted by Crippen LogP contribution is -2.31. The quantitative estimate of drug-likeness (QED) is 0.816. The number of rotatable bonds is 2. The van der Waals surface area contributed by atoms with Crippen LogP contribution in [0.15, 0.2) is 11.4 Å². The fourth-order valence-electron chi connectivity index (χ4n) is 1.67. The van der Waals surface area contributed by atoms with E-state index in [-0.39, 0.29) is 11.9 Å². The Morgan fingerprint density at radius 2 is 2.53 bits per heavy atom. The number of likely N-dealkylation sites (tertiary alicyclic amines) is 1. The van der Waals surface area contributed by atoms with E-state index < -0.39 is 0 Å². The molecular weight excluding hydrogens is 212 g/mol. The summed E-state index contributed by atoms with van der Waals surface area (Å²) in [7, 11) is 1.60. The van der Waals surface area contributed by atoms with Crippen molar-refractivity contribution in [2.75, 3.05) is 20.2 Å². The van der Waals surface area contributed by atoms with E-state index in [1.807, 2.05) is 5.38 Å². The first-order valence-electron chi connectivity index (χ1n) is 4.88. The number of carbonyl (C=O) groups excluding carboxylic acids is 1. The Hall–Kier alpha value is -1.07. The van der Waals surface area contributed by atoms with Crippen LogP contribution < -0.4 is 10.5 Å². The topological polar surface area (TPSA) is 55.6 Å². The molecule has 5 heteroatoms. The zero-order chi connectivity index (χ0) is 10.8. The number of nitrogens with two attached hydrogens (primary N) is 1. The van der Waals surface area contributed by atoms with Crippen molar-refractivity contribution >= 4 is 17.2 Å². The summed E-state index contributed by atoms with van der Waals surface area (Å²) < 4.78 is 5.04. The summed E-state index contributed by atoms with van der Waals surface area (Å²) in [4.78, 5) is 14.5. The fourth-order valence-corrected chi connectivity index (χ4v) is 2.49. The molecule has 1 fully saturated rings. The van der Waals surface area contributed by atoms with E-state index in [2.05, 4.69) is 0 Å². The third-order valence-corrected chi connectivity index (χ3v) is 3.43. The Morgan fingerprint density at radius 3 is 3.07 bits per heavy atom. The highest BCUT2D eigenvalue weighted by atomic mass is 32.1. The van der Waals surface area contributed by atoms with E-state index in [9.17, 15) is 4.79 Å². The molecule has 82 valence electrons. The number of ether oxygens (including phenoxy) is 1. The van der Waals surface area contributed by atoms with E-state index in [0.29, 0.717) is 6.54 Å². The van der Waals surface area contributed by atoms with Gasteiger partial charge in [0.25, 0.3) is 5.91 Å². The smallest absolute Gasteiger partial charge is 0.264 e. The Labute approximate surface area is 92.6 Å². The summed E-state index contributed by atoms with van der Waals surface area (Å²) in [5.74, 6) is 0.808. The lowest BCUT2D eigenvalue weighted by Gasteiger charge is -2.13. The molecule has 1 atom stereocenters. The molecule has 1 aliphatic rings. The molecule has 0 spiro atoms. The van der Waals surface area contributed by atoms with Gasteiger partial charge in [0, 0.05) is 30.6 Å². The molecule has 1 aromatic heterocycles. The largest absolute Gasteiger partial charge is 0.496 e. The van der Waals surface area contributed by atoms with Crippen LogP contribution in [0.4, 0.5) is 0 Å². The maximum Gasteiger partial charge on any atom is 0.264 e. The van der Waals surface area contributed by atoms with Gasteiger partial charge in [0.15, 0.2) is 0 Å². The minimum Gasteiger partial charge on any atom is -0.496 e. The average Bonchev–Trinajstić information content (AvgIpc) is 2.84. The van der Waals surface area contributed by atoms with Crippen LogP contribution >= 0.6 is 11.3 Å². The van der Waals surface area contributed by atoms with Crippen molar-refractivity contribution in [3.8, 4) is 5.75 Å². The van der Waals surface area contributed by atoms with Gasteiger partial charge in [0.2, 0.25) is 0 Å². The fraction of sp³-hybridized carbons (Fsp3) is 0.500. The van der Waals surface area contributed by atoms with E-state index >= 15 is 0 Å². The number of carbonyl (C=O) groups is 1. The van der Waals surface area contributed by atoms with Gasteiger partial charge in [-0.3, -0.25) is 4.79 Å².